The molecule has 1 fully saturated rings. The number of rotatable bonds is 7. The van der Waals surface area contributed by atoms with Gasteiger partial charge in [0.1, 0.15) is 0 Å². The van der Waals surface area contributed by atoms with Gasteiger partial charge in [0.15, 0.2) is 0 Å². The molecule has 0 spiro atoms. The second-order valence-corrected chi connectivity index (χ2v) is 21.2. The highest BCUT2D eigenvalue weighted by Crippen LogP contribution is 2.62. The third-order valence-electron chi connectivity index (χ3n) is 17.5. The average Bonchev–Trinajstić information content (AvgIpc) is 3.89. The predicted molar refractivity (Wildman–Crippen MR) is 305 cm³/mol. The quantitative estimate of drug-likeness (QED) is 0.148. The highest BCUT2D eigenvalue weighted by Gasteiger charge is 2.61. The van der Waals surface area contributed by atoms with Gasteiger partial charge in [0.05, 0.1) is 16.7 Å². The molecule has 0 N–H and O–H groups in total. The van der Waals surface area contributed by atoms with Gasteiger partial charge in [-0.25, -0.2) is 0 Å². The van der Waals surface area contributed by atoms with E-state index < -0.39 is 0 Å². The van der Waals surface area contributed by atoms with Crippen LogP contribution in [0.4, 0.5) is 28.4 Å². The van der Waals surface area contributed by atoms with Gasteiger partial charge in [-0.3, -0.25) is 0 Å². The van der Waals surface area contributed by atoms with Crippen LogP contribution in [-0.4, -0.2) is 16.8 Å². The van der Waals surface area contributed by atoms with E-state index in [0.29, 0.717) is 0 Å². The number of hydrogen-bond acceptors (Lipinski definition) is 2. The van der Waals surface area contributed by atoms with Crippen LogP contribution >= 0.6 is 0 Å². The number of nitrogens with zero attached hydrogens (tertiary/aromatic N) is 3. The largest absolute Gasteiger partial charge is 0.335 e. The molecule has 342 valence electrons. The fourth-order valence-electron chi connectivity index (χ4n) is 13.9. The molecular formula is C68H52BN3. The van der Waals surface area contributed by atoms with Crippen molar-refractivity contribution >= 4 is 73.3 Å². The third kappa shape index (κ3) is 5.87. The van der Waals surface area contributed by atoms with Crippen LogP contribution in [0.3, 0.4) is 0 Å². The van der Waals surface area contributed by atoms with Crippen molar-refractivity contribution in [1.29, 1.82) is 0 Å². The maximum Gasteiger partial charge on any atom is 0.252 e. The van der Waals surface area contributed by atoms with E-state index in [0.717, 1.165) is 23.5 Å². The second kappa shape index (κ2) is 15.6. The van der Waals surface area contributed by atoms with Gasteiger partial charge in [-0.15, -0.1) is 0 Å². The molecule has 0 amide bonds. The molecule has 2 atom stereocenters. The van der Waals surface area contributed by atoms with E-state index in [4.69, 9.17) is 0 Å². The van der Waals surface area contributed by atoms with E-state index in [1.807, 2.05) is 0 Å². The van der Waals surface area contributed by atoms with Gasteiger partial charge in [-0.05, 0) is 141 Å². The monoisotopic (exact) mass is 921 g/mol. The van der Waals surface area contributed by atoms with Crippen LogP contribution < -0.4 is 26.2 Å². The Morgan fingerprint density at radius 3 is 1.57 bits per heavy atom. The molecular weight excluding hydrogens is 870 g/mol. The van der Waals surface area contributed by atoms with Crippen LogP contribution in [0, 0.1) is 0 Å². The molecule has 10 aromatic carbocycles. The molecule has 4 heterocycles. The molecule has 0 radical (unpaired) electrons. The summed E-state index contributed by atoms with van der Waals surface area (Å²) in [4.78, 5) is 5.41. The average molecular weight is 922 g/mol. The minimum Gasteiger partial charge on any atom is -0.335 e. The molecule has 3 aliphatic heterocycles. The Labute approximate surface area is 422 Å². The maximum atomic E-state index is 2.87. The second-order valence-electron chi connectivity index (χ2n) is 21.2. The van der Waals surface area contributed by atoms with E-state index in [9.17, 15) is 0 Å². The third-order valence-corrected chi connectivity index (χ3v) is 17.5. The van der Waals surface area contributed by atoms with Gasteiger partial charge in [-0.1, -0.05) is 196 Å². The Morgan fingerprint density at radius 2 is 0.944 bits per heavy atom. The van der Waals surface area contributed by atoms with Crippen molar-refractivity contribution in [2.24, 2.45) is 0 Å². The van der Waals surface area contributed by atoms with Gasteiger partial charge in [0, 0.05) is 50.1 Å². The highest BCUT2D eigenvalue weighted by molar-refractivity contribution is 7.00. The Kier molecular flexibility index (Phi) is 8.97. The first-order valence-corrected chi connectivity index (χ1v) is 25.9. The Hall–Kier alpha value is -8.34. The lowest BCUT2D eigenvalue weighted by Crippen LogP contribution is -2.64. The van der Waals surface area contributed by atoms with Gasteiger partial charge < -0.3 is 14.4 Å². The zero-order valence-electron chi connectivity index (χ0n) is 40.7. The molecule has 1 saturated carbocycles. The molecule has 4 aliphatic rings. The van der Waals surface area contributed by atoms with E-state index in [1.54, 1.807) is 0 Å². The van der Waals surface area contributed by atoms with Crippen LogP contribution in [-0.2, 0) is 5.41 Å². The van der Waals surface area contributed by atoms with Gasteiger partial charge in [-0.2, -0.15) is 0 Å². The van der Waals surface area contributed by atoms with Gasteiger partial charge in [0.25, 0.3) is 6.71 Å². The smallest absolute Gasteiger partial charge is 0.252 e. The Balaban J connectivity index is 1.08. The number of para-hydroxylation sites is 1. The summed E-state index contributed by atoms with van der Waals surface area (Å²) in [7, 11) is 0. The van der Waals surface area contributed by atoms with E-state index >= 15 is 0 Å². The normalized spacial score (nSPS) is 18.0. The van der Waals surface area contributed by atoms with Crippen molar-refractivity contribution in [3.8, 4) is 50.2 Å². The molecule has 72 heavy (non-hydrogen) atoms. The number of hydrogen-bond donors (Lipinski definition) is 0. The minimum atomic E-state index is -0.128. The van der Waals surface area contributed by atoms with Crippen molar-refractivity contribution in [3.63, 3.8) is 0 Å². The Morgan fingerprint density at radius 1 is 0.417 bits per heavy atom. The predicted octanol–water partition coefficient (Wildman–Crippen LogP) is 15.8. The standard InChI is InChI=1S/C68H52BN3/c1-67-36-15-16-37-68(67,2)72-63-44-55(70(53-30-17-28-49(38-53)45-20-7-3-8-21-45)54-31-18-29-50(39-54)46-22-9-4-10-23-46)43-62-64(63)69(59-33-19-32-58(67)66(59)72)60-42-52(48-26-13-6-14-27-48)41-57-56-40-51(47-24-11-5-12-25-47)34-35-61(56)71(62)65(57)60/h3-14,17-35,38-44H,15-16,36-37H2,1-2H3. The van der Waals surface area contributed by atoms with E-state index in [1.165, 1.54) is 125 Å². The number of anilines is 5. The van der Waals surface area contributed by atoms with Crippen LogP contribution in [0.15, 0.2) is 231 Å². The molecule has 4 heteroatoms. The fourth-order valence-corrected chi connectivity index (χ4v) is 13.9. The number of fused-ring (bicyclic) bond motifs is 10. The summed E-state index contributed by atoms with van der Waals surface area (Å²) < 4.78 is 2.66. The summed E-state index contributed by atoms with van der Waals surface area (Å²) in [6.07, 6.45) is 4.78. The zero-order chi connectivity index (χ0) is 47.7. The molecule has 15 rings (SSSR count). The van der Waals surface area contributed by atoms with Crippen molar-refractivity contribution < 1.29 is 0 Å². The summed E-state index contributed by atoms with van der Waals surface area (Å²) in [5, 5.41) is 2.57. The summed E-state index contributed by atoms with van der Waals surface area (Å²) >= 11 is 0. The first kappa shape index (κ1) is 41.4. The minimum absolute atomic E-state index is 0.0161. The van der Waals surface area contributed by atoms with E-state index in [2.05, 4.69) is 259 Å². The summed E-state index contributed by atoms with van der Waals surface area (Å²) in [5.41, 5.74) is 25.3. The van der Waals surface area contributed by atoms with E-state index in [-0.39, 0.29) is 17.7 Å². The molecule has 11 aromatic rings. The molecule has 1 aromatic heterocycles. The lowest BCUT2D eigenvalue weighted by atomic mass is 9.33. The topological polar surface area (TPSA) is 11.4 Å². The summed E-state index contributed by atoms with van der Waals surface area (Å²) in [5.74, 6) is 0. The van der Waals surface area contributed by atoms with Gasteiger partial charge >= 0.3 is 0 Å². The molecule has 2 unspecified atom stereocenters. The lowest BCUT2D eigenvalue weighted by Gasteiger charge is -2.52. The fraction of sp³-hybridized carbons (Fsp3) is 0.118. The van der Waals surface area contributed by atoms with Crippen LogP contribution in [0.5, 0.6) is 0 Å². The Bertz CT molecular complexity index is 3890. The molecule has 3 nitrogen and oxygen atoms in total. The van der Waals surface area contributed by atoms with Crippen molar-refractivity contribution in [2.75, 3.05) is 9.80 Å². The maximum absolute atomic E-state index is 2.87. The van der Waals surface area contributed by atoms with Crippen molar-refractivity contribution in [3.05, 3.63) is 236 Å². The van der Waals surface area contributed by atoms with Crippen LogP contribution in [0.25, 0.3) is 72.0 Å². The first-order valence-electron chi connectivity index (χ1n) is 25.9. The number of aromatic nitrogens is 1. The lowest BCUT2D eigenvalue weighted by molar-refractivity contribution is 0.195. The van der Waals surface area contributed by atoms with Crippen molar-refractivity contribution in [1.82, 2.24) is 4.57 Å². The van der Waals surface area contributed by atoms with Crippen LogP contribution in [0.2, 0.25) is 0 Å². The highest BCUT2D eigenvalue weighted by atomic mass is 15.3. The number of benzene rings is 10. The first-order chi connectivity index (χ1) is 35.4. The molecule has 1 aliphatic carbocycles. The van der Waals surface area contributed by atoms with Crippen molar-refractivity contribution in [2.45, 2.75) is 50.5 Å². The molecule has 0 saturated heterocycles. The summed E-state index contributed by atoms with van der Waals surface area (Å²) in [6, 6.07) is 86.6. The SMILES string of the molecule is CC12CCCCC1(C)N1c3cc(N(c4cccc(-c5ccccc5)c4)c4cccc(-c5ccccc5)c4)cc4c3B(c3cccc2c31)c1cc(-c2ccccc2)cc2c3cc(-c5ccccc5)ccc3n-4c12. The van der Waals surface area contributed by atoms with Crippen LogP contribution in [0.1, 0.15) is 45.1 Å². The summed E-state index contributed by atoms with van der Waals surface area (Å²) in [6.45, 7) is 5.21. The van der Waals surface area contributed by atoms with Gasteiger partial charge in [0.2, 0.25) is 0 Å². The molecule has 0 bridgehead atoms. The zero-order valence-corrected chi connectivity index (χ0v) is 40.7.